The van der Waals surface area contributed by atoms with Gasteiger partial charge in [0.2, 0.25) is 0 Å². The minimum absolute atomic E-state index is 0.00214. The number of carbonyl (C=O) groups excluding carboxylic acids is 1. The lowest BCUT2D eigenvalue weighted by Crippen LogP contribution is -2.55. The van der Waals surface area contributed by atoms with Gasteiger partial charge in [0, 0.05) is 44.2 Å². The Morgan fingerprint density at radius 3 is 2.47 bits per heavy atom. The second-order valence-electron chi connectivity index (χ2n) is 10.0. The van der Waals surface area contributed by atoms with Gasteiger partial charge in [0.05, 0.1) is 19.8 Å². The molecule has 1 N–H and O–H groups in total. The number of nitrogens with zero attached hydrogens (tertiary/aromatic N) is 1. The molecule has 1 fully saturated rings. The Kier molecular flexibility index (Phi) is 9.79. The van der Waals surface area contributed by atoms with Crippen molar-refractivity contribution in [3.8, 4) is 22.6 Å². The minimum Gasteiger partial charge on any atom is -0.493 e. The number of nitrogens with one attached hydrogen (secondary N) is 1. The molecule has 0 bridgehead atoms. The molecule has 202 valence electrons. The fraction of sp³-hybridized carbons (Fsp3) is 0.406. The van der Waals surface area contributed by atoms with Gasteiger partial charge in [0.25, 0.3) is 5.91 Å². The maximum absolute atomic E-state index is 14.1. The average Bonchev–Trinajstić information content (AvgIpc) is 2.96. The average molecular weight is 517 g/mol. The third kappa shape index (κ3) is 6.55. The van der Waals surface area contributed by atoms with Crippen LogP contribution in [-0.2, 0) is 4.74 Å². The summed E-state index contributed by atoms with van der Waals surface area (Å²) in [6, 6.07) is 24.8. The van der Waals surface area contributed by atoms with E-state index >= 15 is 0 Å². The first-order chi connectivity index (χ1) is 18.5. The largest absolute Gasteiger partial charge is 0.493 e. The summed E-state index contributed by atoms with van der Waals surface area (Å²) in [6.07, 6.45) is 1.73. The first-order valence-corrected chi connectivity index (χ1v) is 13.5. The van der Waals surface area contributed by atoms with Crippen LogP contribution in [0.25, 0.3) is 11.1 Å². The molecule has 0 aromatic heterocycles. The summed E-state index contributed by atoms with van der Waals surface area (Å²) < 4.78 is 16.6. The van der Waals surface area contributed by atoms with E-state index in [4.69, 9.17) is 14.2 Å². The fourth-order valence-corrected chi connectivity index (χ4v) is 5.33. The minimum atomic E-state index is 0.00214. The van der Waals surface area contributed by atoms with E-state index in [0.29, 0.717) is 30.3 Å². The van der Waals surface area contributed by atoms with Crippen molar-refractivity contribution in [2.24, 2.45) is 0 Å². The van der Waals surface area contributed by atoms with Crippen molar-refractivity contribution >= 4 is 5.91 Å². The standard InChI is InChI=1S/C32H40N2O4/c1-23(2)34(32(35)27-14-15-30(37-4)31(21-27)38-19-9-18-36-3)29-22-33-17-16-28(29)26-13-8-12-25(20-26)24-10-6-5-7-11-24/h5-8,10-15,20-21,23,28-29,33H,9,16-19,22H2,1-4H3. The molecule has 2 unspecified atom stereocenters. The molecule has 1 aliphatic heterocycles. The molecule has 4 rings (SSSR count). The topological polar surface area (TPSA) is 60.0 Å². The molecular formula is C32H40N2O4. The number of hydrogen-bond acceptors (Lipinski definition) is 5. The lowest BCUT2D eigenvalue weighted by atomic mass is 9.83. The van der Waals surface area contributed by atoms with Gasteiger partial charge in [-0.1, -0.05) is 54.6 Å². The van der Waals surface area contributed by atoms with E-state index in [9.17, 15) is 4.79 Å². The summed E-state index contributed by atoms with van der Waals surface area (Å²) in [7, 11) is 3.28. The molecule has 1 saturated heterocycles. The van der Waals surface area contributed by atoms with Crippen LogP contribution >= 0.6 is 0 Å². The quantitative estimate of drug-likeness (QED) is 0.328. The molecule has 0 radical (unpaired) electrons. The zero-order valence-corrected chi connectivity index (χ0v) is 23.0. The van der Waals surface area contributed by atoms with Crippen molar-refractivity contribution in [2.45, 2.75) is 44.7 Å². The summed E-state index contributed by atoms with van der Waals surface area (Å²) in [5.74, 6) is 1.42. The molecule has 0 aliphatic carbocycles. The van der Waals surface area contributed by atoms with E-state index in [2.05, 4.69) is 67.7 Å². The van der Waals surface area contributed by atoms with Gasteiger partial charge in [-0.25, -0.2) is 0 Å². The molecule has 3 aromatic carbocycles. The van der Waals surface area contributed by atoms with Gasteiger partial charge in [-0.3, -0.25) is 4.79 Å². The predicted octanol–water partition coefficient (Wildman–Crippen LogP) is 5.77. The maximum Gasteiger partial charge on any atom is 0.254 e. The second kappa shape index (κ2) is 13.4. The van der Waals surface area contributed by atoms with Crippen LogP contribution in [0.4, 0.5) is 0 Å². The highest BCUT2D eigenvalue weighted by Gasteiger charge is 2.36. The van der Waals surface area contributed by atoms with Crippen molar-refractivity contribution in [1.82, 2.24) is 10.2 Å². The Bertz CT molecular complexity index is 1180. The molecule has 6 heteroatoms. The Balaban J connectivity index is 1.62. The summed E-state index contributed by atoms with van der Waals surface area (Å²) in [4.78, 5) is 16.1. The number of carbonyl (C=O) groups is 1. The molecule has 2 atom stereocenters. The molecular weight excluding hydrogens is 476 g/mol. The van der Waals surface area contributed by atoms with Crippen LogP contribution in [0.3, 0.4) is 0 Å². The van der Waals surface area contributed by atoms with Crippen molar-refractivity contribution in [2.75, 3.05) is 40.5 Å². The van der Waals surface area contributed by atoms with E-state index in [1.807, 2.05) is 29.2 Å². The number of piperidine rings is 1. The molecule has 38 heavy (non-hydrogen) atoms. The number of methoxy groups -OCH3 is 2. The summed E-state index contributed by atoms with van der Waals surface area (Å²) in [5.41, 5.74) is 4.28. The summed E-state index contributed by atoms with van der Waals surface area (Å²) in [5, 5.41) is 3.54. The van der Waals surface area contributed by atoms with E-state index in [0.717, 1.165) is 25.9 Å². The molecule has 3 aromatic rings. The van der Waals surface area contributed by atoms with Gasteiger partial charge in [-0.2, -0.15) is 0 Å². The van der Waals surface area contributed by atoms with E-state index in [-0.39, 0.29) is 23.9 Å². The first kappa shape index (κ1) is 27.7. The molecule has 1 heterocycles. The van der Waals surface area contributed by atoms with Crippen molar-refractivity contribution in [3.63, 3.8) is 0 Å². The van der Waals surface area contributed by atoms with E-state index in [1.165, 1.54) is 16.7 Å². The van der Waals surface area contributed by atoms with Gasteiger partial charge in [0.15, 0.2) is 11.5 Å². The Hall–Kier alpha value is -3.35. The number of benzene rings is 3. The second-order valence-corrected chi connectivity index (χ2v) is 10.0. The third-order valence-corrected chi connectivity index (χ3v) is 7.18. The molecule has 0 saturated carbocycles. The number of hydrogen-bond donors (Lipinski definition) is 1. The molecule has 0 spiro atoms. The van der Waals surface area contributed by atoms with Crippen LogP contribution in [0.2, 0.25) is 0 Å². The maximum atomic E-state index is 14.1. The Morgan fingerprint density at radius 1 is 0.947 bits per heavy atom. The monoisotopic (exact) mass is 516 g/mol. The smallest absolute Gasteiger partial charge is 0.254 e. The van der Waals surface area contributed by atoms with Crippen molar-refractivity contribution in [3.05, 3.63) is 83.9 Å². The van der Waals surface area contributed by atoms with E-state index < -0.39 is 0 Å². The SMILES string of the molecule is COCCCOc1cc(C(=O)N(C(C)C)C2CNCCC2c2cccc(-c3ccccc3)c2)ccc1OC. The van der Waals surface area contributed by atoms with Crippen LogP contribution in [0.15, 0.2) is 72.8 Å². The van der Waals surface area contributed by atoms with Crippen LogP contribution in [0.1, 0.15) is 48.5 Å². The van der Waals surface area contributed by atoms with Crippen LogP contribution in [0, 0.1) is 0 Å². The fourth-order valence-electron chi connectivity index (χ4n) is 5.33. The highest BCUT2D eigenvalue weighted by atomic mass is 16.5. The first-order valence-electron chi connectivity index (χ1n) is 13.5. The number of ether oxygens (including phenoxy) is 3. The Morgan fingerprint density at radius 2 is 1.74 bits per heavy atom. The number of amides is 1. The van der Waals surface area contributed by atoms with Crippen LogP contribution in [-0.4, -0.2) is 63.4 Å². The van der Waals surface area contributed by atoms with Crippen LogP contribution < -0.4 is 14.8 Å². The van der Waals surface area contributed by atoms with Crippen molar-refractivity contribution < 1.29 is 19.0 Å². The van der Waals surface area contributed by atoms with Gasteiger partial charge in [-0.15, -0.1) is 0 Å². The van der Waals surface area contributed by atoms with Gasteiger partial charge >= 0.3 is 0 Å². The lowest BCUT2D eigenvalue weighted by molar-refractivity contribution is 0.0537. The zero-order valence-electron chi connectivity index (χ0n) is 23.0. The Labute approximate surface area is 226 Å². The normalized spacial score (nSPS) is 17.3. The molecule has 1 aliphatic rings. The summed E-state index contributed by atoms with van der Waals surface area (Å²) >= 11 is 0. The summed E-state index contributed by atoms with van der Waals surface area (Å²) in [6.45, 7) is 6.97. The van der Waals surface area contributed by atoms with Gasteiger partial charge < -0.3 is 24.4 Å². The third-order valence-electron chi connectivity index (χ3n) is 7.18. The van der Waals surface area contributed by atoms with Crippen molar-refractivity contribution in [1.29, 1.82) is 0 Å². The van der Waals surface area contributed by atoms with Crippen LogP contribution in [0.5, 0.6) is 11.5 Å². The van der Waals surface area contributed by atoms with Gasteiger partial charge in [0.1, 0.15) is 0 Å². The number of rotatable bonds is 11. The predicted molar refractivity (Wildman–Crippen MR) is 152 cm³/mol. The van der Waals surface area contributed by atoms with Gasteiger partial charge in [-0.05, 0) is 61.7 Å². The molecule has 6 nitrogen and oxygen atoms in total. The lowest BCUT2D eigenvalue weighted by Gasteiger charge is -2.43. The zero-order chi connectivity index (χ0) is 26.9. The van der Waals surface area contributed by atoms with E-state index in [1.54, 1.807) is 14.2 Å². The molecule has 1 amide bonds. The highest BCUT2D eigenvalue weighted by Crippen LogP contribution is 2.35. The highest BCUT2D eigenvalue weighted by molar-refractivity contribution is 5.95.